The summed E-state index contributed by atoms with van der Waals surface area (Å²) in [4.78, 5) is 11.6. The summed E-state index contributed by atoms with van der Waals surface area (Å²) in [6, 6.07) is 0. The maximum absolute atomic E-state index is 5.51. The van der Waals surface area contributed by atoms with E-state index >= 15 is 0 Å². The standard InChI is InChI=1S/C14H24N4O/c1-11(2)14-16-10-13(12(17-14)9-15-3)18-5-4-7-19-8-6-18/h10-11,15H,4-9H2,1-3H3. The van der Waals surface area contributed by atoms with Crippen LogP contribution in [0, 0.1) is 0 Å². The van der Waals surface area contributed by atoms with Crippen molar-refractivity contribution in [3.63, 3.8) is 0 Å². The van der Waals surface area contributed by atoms with Crippen LogP contribution < -0.4 is 10.2 Å². The first-order valence-corrected chi connectivity index (χ1v) is 7.05. The van der Waals surface area contributed by atoms with Crippen molar-refractivity contribution in [2.45, 2.75) is 32.7 Å². The third-order valence-corrected chi connectivity index (χ3v) is 3.29. The van der Waals surface area contributed by atoms with Crippen LogP contribution in [-0.4, -0.2) is 43.3 Å². The van der Waals surface area contributed by atoms with Crippen molar-refractivity contribution < 1.29 is 4.74 Å². The molecule has 5 heteroatoms. The summed E-state index contributed by atoms with van der Waals surface area (Å²) in [6.45, 7) is 8.58. The molecule has 0 radical (unpaired) electrons. The number of aromatic nitrogens is 2. The van der Waals surface area contributed by atoms with E-state index in [2.05, 4.69) is 29.0 Å². The highest BCUT2D eigenvalue weighted by Gasteiger charge is 2.16. The van der Waals surface area contributed by atoms with E-state index in [4.69, 9.17) is 9.72 Å². The van der Waals surface area contributed by atoms with E-state index in [0.29, 0.717) is 5.92 Å². The summed E-state index contributed by atoms with van der Waals surface area (Å²) in [7, 11) is 1.95. The van der Waals surface area contributed by atoms with Crippen molar-refractivity contribution in [3.05, 3.63) is 17.7 Å². The van der Waals surface area contributed by atoms with Gasteiger partial charge in [-0.15, -0.1) is 0 Å². The van der Waals surface area contributed by atoms with E-state index in [1.165, 1.54) is 0 Å². The van der Waals surface area contributed by atoms with E-state index in [0.717, 1.165) is 56.5 Å². The maximum Gasteiger partial charge on any atom is 0.131 e. The quantitative estimate of drug-likeness (QED) is 0.894. The van der Waals surface area contributed by atoms with Crippen molar-refractivity contribution in [1.29, 1.82) is 0 Å². The zero-order valence-electron chi connectivity index (χ0n) is 12.1. The van der Waals surface area contributed by atoms with E-state index in [9.17, 15) is 0 Å². The van der Waals surface area contributed by atoms with Crippen molar-refractivity contribution in [2.24, 2.45) is 0 Å². The summed E-state index contributed by atoms with van der Waals surface area (Å²) in [5.74, 6) is 1.28. The van der Waals surface area contributed by atoms with E-state index in [1.807, 2.05) is 13.2 Å². The van der Waals surface area contributed by atoms with E-state index in [1.54, 1.807) is 0 Å². The minimum Gasteiger partial charge on any atom is -0.380 e. The van der Waals surface area contributed by atoms with Gasteiger partial charge in [-0.3, -0.25) is 0 Å². The van der Waals surface area contributed by atoms with Gasteiger partial charge in [0.25, 0.3) is 0 Å². The largest absolute Gasteiger partial charge is 0.380 e. The second-order valence-electron chi connectivity index (χ2n) is 5.20. The fourth-order valence-electron chi connectivity index (χ4n) is 2.25. The van der Waals surface area contributed by atoms with Crippen LogP contribution in [0.1, 0.15) is 37.7 Å². The van der Waals surface area contributed by atoms with Crippen LogP contribution in [0.25, 0.3) is 0 Å². The molecular weight excluding hydrogens is 240 g/mol. The molecular formula is C14H24N4O. The number of nitrogens with one attached hydrogen (secondary N) is 1. The van der Waals surface area contributed by atoms with Gasteiger partial charge in [0.2, 0.25) is 0 Å². The third-order valence-electron chi connectivity index (χ3n) is 3.29. The van der Waals surface area contributed by atoms with Crippen molar-refractivity contribution in [1.82, 2.24) is 15.3 Å². The molecule has 0 unspecified atom stereocenters. The first kappa shape index (κ1) is 14.2. The van der Waals surface area contributed by atoms with Gasteiger partial charge in [0.15, 0.2) is 0 Å². The number of anilines is 1. The minimum atomic E-state index is 0.358. The number of nitrogens with zero attached hydrogens (tertiary/aromatic N) is 3. The first-order chi connectivity index (χ1) is 9.22. The van der Waals surface area contributed by atoms with Crippen LogP contribution in [0.4, 0.5) is 5.69 Å². The van der Waals surface area contributed by atoms with Crippen LogP contribution in [0.5, 0.6) is 0 Å². The molecule has 2 rings (SSSR count). The van der Waals surface area contributed by atoms with Gasteiger partial charge in [-0.1, -0.05) is 13.8 Å². The number of hydrogen-bond donors (Lipinski definition) is 1. The molecule has 19 heavy (non-hydrogen) atoms. The Balaban J connectivity index is 2.26. The topological polar surface area (TPSA) is 50.3 Å². The Bertz CT molecular complexity index is 400. The molecule has 1 N–H and O–H groups in total. The fourth-order valence-corrected chi connectivity index (χ4v) is 2.25. The van der Waals surface area contributed by atoms with Gasteiger partial charge in [0, 0.05) is 32.2 Å². The molecule has 0 saturated carbocycles. The molecule has 1 aliphatic heterocycles. The highest BCUT2D eigenvalue weighted by molar-refractivity contribution is 5.49. The zero-order chi connectivity index (χ0) is 13.7. The summed E-state index contributed by atoms with van der Waals surface area (Å²) < 4.78 is 5.51. The SMILES string of the molecule is CNCc1nc(C(C)C)ncc1N1CCCOCC1. The molecule has 0 bridgehead atoms. The highest BCUT2D eigenvalue weighted by atomic mass is 16.5. The molecule has 0 aromatic carbocycles. The molecule has 2 heterocycles. The Morgan fingerprint density at radius 2 is 2.21 bits per heavy atom. The maximum atomic E-state index is 5.51. The van der Waals surface area contributed by atoms with Crippen LogP contribution in [0.15, 0.2) is 6.20 Å². The van der Waals surface area contributed by atoms with E-state index in [-0.39, 0.29) is 0 Å². The van der Waals surface area contributed by atoms with Crippen LogP contribution in [0.2, 0.25) is 0 Å². The summed E-state index contributed by atoms with van der Waals surface area (Å²) >= 11 is 0. The summed E-state index contributed by atoms with van der Waals surface area (Å²) in [6.07, 6.45) is 3.03. The molecule has 5 nitrogen and oxygen atoms in total. The third kappa shape index (κ3) is 3.64. The molecule has 0 amide bonds. The Morgan fingerprint density at radius 1 is 1.37 bits per heavy atom. The van der Waals surface area contributed by atoms with Gasteiger partial charge in [-0.05, 0) is 13.5 Å². The van der Waals surface area contributed by atoms with Gasteiger partial charge < -0.3 is 15.0 Å². The number of ether oxygens (including phenoxy) is 1. The Kier molecular flexibility index (Phi) is 5.10. The lowest BCUT2D eigenvalue weighted by Gasteiger charge is -2.24. The van der Waals surface area contributed by atoms with Gasteiger partial charge >= 0.3 is 0 Å². The van der Waals surface area contributed by atoms with Gasteiger partial charge in [0.1, 0.15) is 5.82 Å². The summed E-state index contributed by atoms with van der Waals surface area (Å²) in [5.41, 5.74) is 2.23. The molecule has 0 atom stereocenters. The molecule has 1 aromatic heterocycles. The fraction of sp³-hybridized carbons (Fsp3) is 0.714. The van der Waals surface area contributed by atoms with E-state index < -0.39 is 0 Å². The highest BCUT2D eigenvalue weighted by Crippen LogP contribution is 2.21. The van der Waals surface area contributed by atoms with Crippen LogP contribution >= 0.6 is 0 Å². The molecule has 0 aliphatic carbocycles. The van der Waals surface area contributed by atoms with Gasteiger partial charge in [0.05, 0.1) is 24.2 Å². The average molecular weight is 264 g/mol. The molecule has 106 valence electrons. The smallest absolute Gasteiger partial charge is 0.131 e. The predicted octanol–water partition coefficient (Wildman–Crippen LogP) is 1.55. The van der Waals surface area contributed by atoms with Crippen LogP contribution in [-0.2, 0) is 11.3 Å². The minimum absolute atomic E-state index is 0.358. The Labute approximate surface area is 115 Å². The predicted molar refractivity (Wildman–Crippen MR) is 76.5 cm³/mol. The lowest BCUT2D eigenvalue weighted by atomic mass is 10.2. The van der Waals surface area contributed by atoms with Crippen molar-refractivity contribution >= 4 is 5.69 Å². The number of hydrogen-bond acceptors (Lipinski definition) is 5. The lowest BCUT2D eigenvalue weighted by molar-refractivity contribution is 0.152. The van der Waals surface area contributed by atoms with Gasteiger partial charge in [-0.2, -0.15) is 0 Å². The first-order valence-electron chi connectivity index (χ1n) is 7.05. The zero-order valence-corrected chi connectivity index (χ0v) is 12.1. The second-order valence-corrected chi connectivity index (χ2v) is 5.20. The Morgan fingerprint density at radius 3 is 2.95 bits per heavy atom. The lowest BCUT2D eigenvalue weighted by Crippen LogP contribution is -2.28. The molecule has 1 aliphatic rings. The summed E-state index contributed by atoms with van der Waals surface area (Å²) in [5, 5.41) is 3.20. The van der Waals surface area contributed by atoms with Crippen molar-refractivity contribution in [3.8, 4) is 0 Å². The Hall–Kier alpha value is -1.20. The van der Waals surface area contributed by atoms with Gasteiger partial charge in [-0.25, -0.2) is 9.97 Å². The normalized spacial score (nSPS) is 16.7. The average Bonchev–Trinajstić information content (AvgIpc) is 2.68. The molecule has 1 fully saturated rings. The second kappa shape index (κ2) is 6.82. The number of rotatable bonds is 4. The van der Waals surface area contributed by atoms with Crippen LogP contribution in [0.3, 0.4) is 0 Å². The van der Waals surface area contributed by atoms with Crippen molar-refractivity contribution in [2.75, 3.05) is 38.3 Å². The molecule has 0 spiro atoms. The molecule has 1 saturated heterocycles. The monoisotopic (exact) mass is 264 g/mol. The molecule has 1 aromatic rings.